The lowest BCUT2D eigenvalue weighted by Crippen LogP contribution is -2.42. The zero-order valence-electron chi connectivity index (χ0n) is 13.4. The summed E-state index contributed by atoms with van der Waals surface area (Å²) in [6.45, 7) is 1.73. The molecule has 6 nitrogen and oxygen atoms in total. The smallest absolute Gasteiger partial charge is 0.330 e. The van der Waals surface area contributed by atoms with Crippen LogP contribution in [0.25, 0.3) is 0 Å². The average Bonchev–Trinajstić information content (AvgIpc) is 2.58. The molecule has 1 aromatic carbocycles. The Morgan fingerprint density at radius 1 is 1.04 bits per heavy atom. The highest BCUT2D eigenvalue weighted by molar-refractivity contribution is 6.03. The van der Waals surface area contributed by atoms with Gasteiger partial charge >= 0.3 is 17.9 Å². The van der Waals surface area contributed by atoms with Crippen LogP contribution >= 0.6 is 0 Å². The predicted octanol–water partition coefficient (Wildman–Crippen LogP) is 1.68. The third kappa shape index (κ3) is 4.67. The van der Waals surface area contributed by atoms with E-state index in [1.54, 1.807) is 31.2 Å². The van der Waals surface area contributed by atoms with Crippen LogP contribution in [0.3, 0.4) is 0 Å². The minimum absolute atomic E-state index is 0.00679. The minimum Gasteiger partial charge on any atom is -0.468 e. The molecule has 0 spiro atoms. The van der Waals surface area contributed by atoms with Gasteiger partial charge in [-0.2, -0.15) is 0 Å². The molecule has 0 saturated heterocycles. The van der Waals surface area contributed by atoms with Crippen LogP contribution in [0.1, 0.15) is 12.5 Å². The highest BCUT2D eigenvalue weighted by Gasteiger charge is 2.46. The van der Waals surface area contributed by atoms with Gasteiger partial charge in [0.2, 0.25) is 0 Å². The van der Waals surface area contributed by atoms with Crippen molar-refractivity contribution in [3.63, 3.8) is 0 Å². The first-order chi connectivity index (χ1) is 11.0. The lowest BCUT2D eigenvalue weighted by Gasteiger charge is -2.25. The Bertz CT molecular complexity index is 578. The van der Waals surface area contributed by atoms with E-state index in [0.717, 1.165) is 11.6 Å². The molecular formula is C17H20O6. The maximum Gasteiger partial charge on any atom is 0.330 e. The van der Waals surface area contributed by atoms with E-state index in [1.165, 1.54) is 20.3 Å². The molecule has 0 fully saturated rings. The van der Waals surface area contributed by atoms with Gasteiger partial charge in [-0.05, 0) is 18.6 Å². The molecule has 1 atom stereocenters. The number of rotatable bonds is 7. The molecule has 0 aliphatic carbocycles. The van der Waals surface area contributed by atoms with Gasteiger partial charge in [-0.25, -0.2) is 4.79 Å². The van der Waals surface area contributed by atoms with Crippen molar-refractivity contribution in [1.82, 2.24) is 0 Å². The lowest BCUT2D eigenvalue weighted by molar-refractivity contribution is -0.166. The Kier molecular flexibility index (Phi) is 6.99. The molecule has 1 rings (SSSR count). The van der Waals surface area contributed by atoms with Crippen molar-refractivity contribution < 1.29 is 28.6 Å². The van der Waals surface area contributed by atoms with E-state index in [1.807, 2.05) is 6.07 Å². The fourth-order valence-electron chi connectivity index (χ4n) is 2.06. The minimum atomic E-state index is -1.75. The fourth-order valence-corrected chi connectivity index (χ4v) is 2.06. The van der Waals surface area contributed by atoms with E-state index < -0.39 is 23.3 Å². The number of carbonyl (C=O) groups is 3. The maximum absolute atomic E-state index is 12.4. The van der Waals surface area contributed by atoms with Gasteiger partial charge in [-0.3, -0.25) is 9.59 Å². The van der Waals surface area contributed by atoms with E-state index in [2.05, 4.69) is 4.74 Å². The van der Waals surface area contributed by atoms with Gasteiger partial charge in [-0.15, -0.1) is 0 Å². The summed E-state index contributed by atoms with van der Waals surface area (Å²) < 4.78 is 14.3. The summed E-state index contributed by atoms with van der Waals surface area (Å²) in [5.41, 5.74) is -1.03. The van der Waals surface area contributed by atoms with E-state index in [9.17, 15) is 14.4 Å². The molecule has 0 radical (unpaired) electrons. The summed E-state index contributed by atoms with van der Waals surface area (Å²) in [5.74, 6) is -2.27. The average molecular weight is 320 g/mol. The largest absolute Gasteiger partial charge is 0.468 e. The van der Waals surface area contributed by atoms with Crippen molar-refractivity contribution in [2.24, 2.45) is 5.41 Å². The van der Waals surface area contributed by atoms with E-state index in [-0.39, 0.29) is 13.0 Å². The molecule has 0 heterocycles. The monoisotopic (exact) mass is 320 g/mol. The van der Waals surface area contributed by atoms with Crippen LogP contribution in [0.15, 0.2) is 42.5 Å². The number of esters is 3. The zero-order valence-corrected chi connectivity index (χ0v) is 13.4. The molecular weight excluding hydrogens is 300 g/mol. The van der Waals surface area contributed by atoms with E-state index >= 15 is 0 Å². The third-order valence-corrected chi connectivity index (χ3v) is 3.22. The van der Waals surface area contributed by atoms with Crippen LogP contribution in [0.2, 0.25) is 0 Å². The highest BCUT2D eigenvalue weighted by atomic mass is 16.6. The molecule has 0 bridgehead atoms. The summed E-state index contributed by atoms with van der Waals surface area (Å²) in [6.07, 6.45) is 2.21. The fraction of sp³-hybridized carbons (Fsp3) is 0.353. The molecule has 6 heteroatoms. The van der Waals surface area contributed by atoms with Gasteiger partial charge in [0, 0.05) is 12.5 Å². The van der Waals surface area contributed by atoms with Crippen molar-refractivity contribution in [2.75, 3.05) is 20.8 Å². The van der Waals surface area contributed by atoms with Gasteiger partial charge in [0.1, 0.15) is 0 Å². The second-order valence-corrected chi connectivity index (χ2v) is 4.70. The number of benzene rings is 1. The molecule has 23 heavy (non-hydrogen) atoms. The van der Waals surface area contributed by atoms with Crippen LogP contribution in [-0.4, -0.2) is 38.7 Å². The van der Waals surface area contributed by atoms with Crippen molar-refractivity contribution in [3.8, 4) is 0 Å². The number of hydrogen-bond acceptors (Lipinski definition) is 6. The number of ether oxygens (including phenoxy) is 3. The van der Waals surface area contributed by atoms with Crippen LogP contribution in [0.5, 0.6) is 0 Å². The van der Waals surface area contributed by atoms with Gasteiger partial charge in [0.25, 0.3) is 0 Å². The summed E-state index contributed by atoms with van der Waals surface area (Å²) in [6, 6.07) is 8.92. The second-order valence-electron chi connectivity index (χ2n) is 4.70. The SMILES string of the molecule is CCOC(=O)C(/C=C\C(=O)OC)(Cc1ccccc1)C(=O)OC. The predicted molar refractivity (Wildman–Crippen MR) is 82.4 cm³/mol. The lowest BCUT2D eigenvalue weighted by atomic mass is 9.81. The molecule has 0 aromatic heterocycles. The van der Waals surface area contributed by atoms with Crippen molar-refractivity contribution in [2.45, 2.75) is 13.3 Å². The van der Waals surface area contributed by atoms with Crippen LogP contribution in [0.4, 0.5) is 0 Å². The Labute approximate surface area is 135 Å². The number of hydrogen-bond donors (Lipinski definition) is 0. The normalized spacial score (nSPS) is 13.2. The summed E-state index contributed by atoms with van der Waals surface area (Å²) in [4.78, 5) is 36.2. The topological polar surface area (TPSA) is 78.9 Å². The van der Waals surface area contributed by atoms with Crippen molar-refractivity contribution >= 4 is 17.9 Å². The van der Waals surface area contributed by atoms with Crippen LogP contribution in [0, 0.1) is 5.41 Å². The number of carbonyl (C=O) groups excluding carboxylic acids is 3. The summed E-state index contributed by atoms with van der Waals surface area (Å²) >= 11 is 0. The van der Waals surface area contributed by atoms with Gasteiger partial charge in [0.15, 0.2) is 5.41 Å². The molecule has 1 unspecified atom stereocenters. The molecule has 0 aliphatic rings. The Hall–Kier alpha value is -2.63. The molecule has 1 aromatic rings. The highest BCUT2D eigenvalue weighted by Crippen LogP contribution is 2.29. The van der Waals surface area contributed by atoms with Crippen molar-refractivity contribution in [3.05, 3.63) is 48.0 Å². The van der Waals surface area contributed by atoms with E-state index in [0.29, 0.717) is 0 Å². The quantitative estimate of drug-likeness (QED) is 0.329. The molecule has 0 saturated carbocycles. The van der Waals surface area contributed by atoms with Crippen LogP contribution in [-0.2, 0) is 35.0 Å². The Balaban J connectivity index is 3.33. The Morgan fingerprint density at radius 3 is 2.22 bits per heavy atom. The number of methoxy groups -OCH3 is 2. The summed E-state index contributed by atoms with van der Waals surface area (Å²) in [5, 5.41) is 0. The maximum atomic E-state index is 12.4. The summed E-state index contributed by atoms with van der Waals surface area (Å²) in [7, 11) is 2.38. The first-order valence-electron chi connectivity index (χ1n) is 7.07. The molecule has 124 valence electrons. The first kappa shape index (κ1) is 18.4. The van der Waals surface area contributed by atoms with E-state index in [4.69, 9.17) is 9.47 Å². The van der Waals surface area contributed by atoms with Gasteiger partial charge in [-0.1, -0.05) is 30.3 Å². The van der Waals surface area contributed by atoms with Crippen LogP contribution < -0.4 is 0 Å². The van der Waals surface area contributed by atoms with Crippen molar-refractivity contribution in [1.29, 1.82) is 0 Å². The van der Waals surface area contributed by atoms with Gasteiger partial charge in [0.05, 0.1) is 20.8 Å². The Morgan fingerprint density at radius 2 is 1.70 bits per heavy atom. The molecule has 0 aliphatic heterocycles. The standard InChI is InChI=1S/C17H20O6/c1-4-23-16(20)17(15(19)22-3,11-10-14(18)21-2)12-13-8-6-5-7-9-13/h5-11H,4,12H2,1-3H3/b11-10-. The second kappa shape index (κ2) is 8.73. The zero-order chi connectivity index (χ0) is 17.3. The van der Waals surface area contributed by atoms with Gasteiger partial charge < -0.3 is 14.2 Å². The molecule has 0 amide bonds. The third-order valence-electron chi connectivity index (χ3n) is 3.22. The first-order valence-corrected chi connectivity index (χ1v) is 7.07. The molecule has 0 N–H and O–H groups in total.